The van der Waals surface area contributed by atoms with Crippen LogP contribution in [-0.2, 0) is 9.59 Å². The van der Waals surface area contributed by atoms with Crippen molar-refractivity contribution in [2.75, 3.05) is 30.3 Å². The van der Waals surface area contributed by atoms with E-state index in [-0.39, 0.29) is 18.4 Å². The van der Waals surface area contributed by atoms with Crippen molar-refractivity contribution >= 4 is 23.2 Å². The van der Waals surface area contributed by atoms with E-state index in [1.54, 1.807) is 12.1 Å². The zero-order valence-electron chi connectivity index (χ0n) is 14.4. The van der Waals surface area contributed by atoms with Crippen LogP contribution in [0.1, 0.15) is 24.4 Å². The highest BCUT2D eigenvalue weighted by Crippen LogP contribution is 2.32. The molecule has 0 saturated carbocycles. The zero-order valence-corrected chi connectivity index (χ0v) is 14.4. The van der Waals surface area contributed by atoms with Crippen LogP contribution >= 0.6 is 0 Å². The van der Waals surface area contributed by atoms with E-state index < -0.39 is 6.04 Å². The Morgan fingerprint density at radius 2 is 1.88 bits per heavy atom. The van der Waals surface area contributed by atoms with E-state index in [4.69, 9.17) is 4.74 Å². The fourth-order valence-corrected chi connectivity index (χ4v) is 3.39. The van der Waals surface area contributed by atoms with Crippen LogP contribution in [0.15, 0.2) is 48.5 Å². The van der Waals surface area contributed by atoms with Gasteiger partial charge in [-0.15, -0.1) is 0 Å². The maximum absolute atomic E-state index is 13.1. The summed E-state index contributed by atoms with van der Waals surface area (Å²) in [5, 5.41) is 6.14. The van der Waals surface area contributed by atoms with Crippen molar-refractivity contribution in [3.8, 4) is 5.75 Å². The second-order valence-electron chi connectivity index (χ2n) is 6.57. The molecule has 0 bridgehead atoms. The Balaban J connectivity index is 1.61. The maximum atomic E-state index is 13.1. The van der Waals surface area contributed by atoms with Gasteiger partial charge >= 0.3 is 0 Å². The van der Waals surface area contributed by atoms with E-state index in [9.17, 15) is 9.59 Å². The highest BCUT2D eigenvalue weighted by molar-refractivity contribution is 5.96. The molecular formula is C20H21N3O3. The molecule has 1 fully saturated rings. The number of likely N-dealkylation sites (tertiary alicyclic amines) is 1. The fourth-order valence-electron chi connectivity index (χ4n) is 3.39. The molecule has 0 aliphatic carbocycles. The summed E-state index contributed by atoms with van der Waals surface area (Å²) in [6, 6.07) is 14.7. The molecule has 2 aromatic carbocycles. The molecule has 0 unspecified atom stereocenters. The van der Waals surface area contributed by atoms with Gasteiger partial charge in [0.25, 0.3) is 5.91 Å². The minimum atomic E-state index is -0.465. The summed E-state index contributed by atoms with van der Waals surface area (Å²) in [5.74, 6) is 0.534. The van der Waals surface area contributed by atoms with Gasteiger partial charge in [0, 0.05) is 18.8 Å². The van der Waals surface area contributed by atoms with Crippen molar-refractivity contribution in [1.29, 1.82) is 0 Å². The Hall–Kier alpha value is -3.02. The molecule has 0 aromatic heterocycles. The molecule has 2 aromatic rings. The Labute approximate surface area is 152 Å². The fraction of sp³-hybridized carbons (Fsp3) is 0.300. The number of benzene rings is 2. The lowest BCUT2D eigenvalue weighted by Crippen LogP contribution is -2.36. The molecule has 134 valence electrons. The number of anilines is 2. The van der Waals surface area contributed by atoms with Gasteiger partial charge in [-0.25, -0.2) is 0 Å². The molecule has 26 heavy (non-hydrogen) atoms. The second-order valence-corrected chi connectivity index (χ2v) is 6.57. The number of amides is 2. The van der Waals surface area contributed by atoms with Crippen LogP contribution in [0.2, 0.25) is 0 Å². The zero-order chi connectivity index (χ0) is 17.9. The van der Waals surface area contributed by atoms with E-state index in [1.165, 1.54) is 0 Å². The standard InChI is InChI=1S/C20H21N3O3/c24-18-13-26-17-9-8-15(12-16(17)22-18)21-19(14-6-2-1-3-7-14)20(25)23-10-4-5-11-23/h1-3,6-9,12,19,21H,4-5,10-11,13H2,(H,22,24)/t19-/m0/s1. The molecule has 2 aliphatic rings. The van der Waals surface area contributed by atoms with Gasteiger partial charge in [0.15, 0.2) is 6.61 Å². The first-order valence-electron chi connectivity index (χ1n) is 8.88. The normalized spacial score (nSPS) is 17.1. The quantitative estimate of drug-likeness (QED) is 0.889. The monoisotopic (exact) mass is 351 g/mol. The summed E-state index contributed by atoms with van der Waals surface area (Å²) in [5.41, 5.74) is 2.30. The number of nitrogens with one attached hydrogen (secondary N) is 2. The Bertz CT molecular complexity index is 816. The van der Waals surface area contributed by atoms with Crippen LogP contribution in [0.4, 0.5) is 11.4 Å². The van der Waals surface area contributed by atoms with E-state index >= 15 is 0 Å². The van der Waals surface area contributed by atoms with Crippen LogP contribution in [0.3, 0.4) is 0 Å². The first-order chi connectivity index (χ1) is 12.7. The van der Waals surface area contributed by atoms with E-state index in [2.05, 4.69) is 10.6 Å². The van der Waals surface area contributed by atoms with Crippen LogP contribution in [0, 0.1) is 0 Å². The van der Waals surface area contributed by atoms with Gasteiger partial charge in [-0.1, -0.05) is 30.3 Å². The summed E-state index contributed by atoms with van der Waals surface area (Å²) in [6.07, 6.45) is 2.10. The van der Waals surface area contributed by atoms with Gasteiger partial charge in [-0.3, -0.25) is 9.59 Å². The molecule has 2 heterocycles. The topological polar surface area (TPSA) is 70.7 Å². The largest absolute Gasteiger partial charge is 0.482 e. The summed E-state index contributed by atoms with van der Waals surface area (Å²) >= 11 is 0. The molecular weight excluding hydrogens is 330 g/mol. The lowest BCUT2D eigenvalue weighted by atomic mass is 10.0. The molecule has 6 heteroatoms. The van der Waals surface area contributed by atoms with E-state index in [0.717, 1.165) is 37.2 Å². The number of hydrogen-bond donors (Lipinski definition) is 2. The average molecular weight is 351 g/mol. The number of ether oxygens (including phenoxy) is 1. The van der Waals surface area contributed by atoms with Crippen molar-refractivity contribution in [3.05, 3.63) is 54.1 Å². The van der Waals surface area contributed by atoms with Crippen molar-refractivity contribution in [2.45, 2.75) is 18.9 Å². The highest BCUT2D eigenvalue weighted by atomic mass is 16.5. The summed E-state index contributed by atoms with van der Waals surface area (Å²) in [4.78, 5) is 26.5. The maximum Gasteiger partial charge on any atom is 0.262 e. The van der Waals surface area contributed by atoms with Gasteiger partial charge in [0.2, 0.25) is 5.91 Å². The number of carbonyl (C=O) groups excluding carboxylic acids is 2. The first-order valence-corrected chi connectivity index (χ1v) is 8.88. The minimum absolute atomic E-state index is 0.0276. The molecule has 2 N–H and O–H groups in total. The molecule has 0 spiro atoms. The minimum Gasteiger partial charge on any atom is -0.482 e. The number of nitrogens with zero attached hydrogens (tertiary/aromatic N) is 1. The third kappa shape index (κ3) is 3.35. The molecule has 1 saturated heterocycles. The van der Waals surface area contributed by atoms with Gasteiger partial charge in [-0.2, -0.15) is 0 Å². The van der Waals surface area contributed by atoms with Crippen molar-refractivity contribution in [2.24, 2.45) is 0 Å². The first kappa shape index (κ1) is 16.4. The highest BCUT2D eigenvalue weighted by Gasteiger charge is 2.28. The molecule has 0 radical (unpaired) electrons. The van der Waals surface area contributed by atoms with Crippen LogP contribution in [0.5, 0.6) is 5.75 Å². The predicted octanol–water partition coefficient (Wildman–Crippen LogP) is 2.79. The molecule has 4 rings (SSSR count). The Kier molecular flexibility index (Phi) is 4.48. The lowest BCUT2D eigenvalue weighted by molar-refractivity contribution is -0.131. The second kappa shape index (κ2) is 7.07. The van der Waals surface area contributed by atoms with Crippen LogP contribution in [0.25, 0.3) is 0 Å². The SMILES string of the molecule is O=C1COc2ccc(N[C@H](C(=O)N3CCCC3)c3ccccc3)cc2N1. The lowest BCUT2D eigenvalue weighted by Gasteiger charge is -2.26. The van der Waals surface area contributed by atoms with Crippen molar-refractivity contribution in [1.82, 2.24) is 4.90 Å². The Morgan fingerprint density at radius 3 is 2.65 bits per heavy atom. The van der Waals surface area contributed by atoms with Gasteiger partial charge in [0.05, 0.1) is 5.69 Å². The number of carbonyl (C=O) groups is 2. The van der Waals surface area contributed by atoms with Crippen molar-refractivity contribution in [3.63, 3.8) is 0 Å². The van der Waals surface area contributed by atoms with Crippen LogP contribution < -0.4 is 15.4 Å². The summed E-state index contributed by atoms with van der Waals surface area (Å²) < 4.78 is 5.39. The third-order valence-electron chi connectivity index (χ3n) is 4.72. The Morgan fingerprint density at radius 1 is 1.12 bits per heavy atom. The smallest absolute Gasteiger partial charge is 0.262 e. The number of hydrogen-bond acceptors (Lipinski definition) is 4. The summed E-state index contributed by atoms with van der Waals surface area (Å²) in [7, 11) is 0. The number of rotatable bonds is 4. The number of fused-ring (bicyclic) bond motifs is 1. The van der Waals surface area contributed by atoms with Crippen molar-refractivity contribution < 1.29 is 14.3 Å². The molecule has 2 aliphatic heterocycles. The van der Waals surface area contributed by atoms with Gasteiger partial charge in [0.1, 0.15) is 11.8 Å². The van der Waals surface area contributed by atoms with E-state index in [0.29, 0.717) is 11.4 Å². The molecule has 6 nitrogen and oxygen atoms in total. The third-order valence-corrected chi connectivity index (χ3v) is 4.72. The summed E-state index contributed by atoms with van der Waals surface area (Å²) in [6.45, 7) is 1.63. The average Bonchev–Trinajstić information content (AvgIpc) is 3.21. The van der Waals surface area contributed by atoms with Gasteiger partial charge in [-0.05, 0) is 36.6 Å². The molecule has 2 amide bonds. The predicted molar refractivity (Wildman–Crippen MR) is 99.2 cm³/mol. The van der Waals surface area contributed by atoms with Crippen LogP contribution in [-0.4, -0.2) is 36.4 Å². The van der Waals surface area contributed by atoms with Gasteiger partial charge < -0.3 is 20.3 Å². The molecule has 1 atom stereocenters. The van der Waals surface area contributed by atoms with E-state index in [1.807, 2.05) is 41.3 Å².